The molecule has 0 saturated carbocycles. The molecule has 0 bridgehead atoms. The van der Waals surface area contributed by atoms with Crippen molar-refractivity contribution in [2.45, 2.75) is 85.7 Å². The molecule has 2 aromatic heterocycles. The van der Waals surface area contributed by atoms with Gasteiger partial charge in [0.05, 0.1) is 33.0 Å². The first-order valence-electron chi connectivity index (χ1n) is 25.0. The minimum absolute atomic E-state index is 0. The molecule has 9 heteroatoms. The average Bonchev–Trinajstić information content (AvgIpc) is 3.73. The van der Waals surface area contributed by atoms with Crippen LogP contribution in [0.3, 0.4) is 0 Å². The van der Waals surface area contributed by atoms with Crippen LogP contribution in [0.15, 0.2) is 140 Å². The van der Waals surface area contributed by atoms with E-state index in [1.54, 1.807) is 18.2 Å². The van der Waals surface area contributed by atoms with Crippen molar-refractivity contribution in [2.75, 3.05) is 0 Å². The van der Waals surface area contributed by atoms with E-state index in [-0.39, 0.29) is 32.4 Å². The summed E-state index contributed by atoms with van der Waals surface area (Å²) in [6.45, 7) is 21.4. The topological polar surface area (TPSA) is 49.2 Å². The number of hydrogen-bond acceptors (Lipinski definition) is 4. The van der Waals surface area contributed by atoms with Crippen LogP contribution in [0.1, 0.15) is 60.3 Å². The standard InChI is InChI=1S/C47H48BN2O2Si2.C12H10N.Ir/c1-28(2)33-17-13-18-34(29(3)4)44(33)50-45-35-16-12-11-15-30(35)21-23-38(45)49-47(50)31-22-24-39-37(25-31)48-36-19-14-20-42(54(8,9)10)46(36)52-41-27-32(53(5,6)7)26-40(51-39)43(41)48;1-10-7-8-12(13-9-10)11-5-3-2-4-6-11;/h11-21,23-29H,1-10H3;2-5,7-9H,1H3;/q2*-1;/i;1D3;. The average molecular weight is 1100 g/mol. The fraction of sp³-hybridized carbons (Fsp3) is 0.220. The monoisotopic (exact) mass is 1100 g/mol. The number of fused-ring (bicyclic) bond motifs is 7. The minimum Gasteiger partial charge on any atom is -0.503 e. The Kier molecular flexibility index (Phi) is 11.7. The molecule has 9 aromatic rings. The van der Waals surface area contributed by atoms with Crippen molar-refractivity contribution in [1.29, 1.82) is 0 Å². The van der Waals surface area contributed by atoms with Crippen LogP contribution < -0.4 is 36.2 Å². The molecule has 0 amide bonds. The maximum atomic E-state index is 7.23. The molecule has 68 heavy (non-hydrogen) atoms. The van der Waals surface area contributed by atoms with E-state index in [1.807, 2.05) is 18.2 Å². The second-order valence-electron chi connectivity index (χ2n) is 20.6. The Labute approximate surface area is 422 Å². The van der Waals surface area contributed by atoms with E-state index in [0.717, 1.165) is 67.6 Å². The molecular formula is C59H58BIrN3O2Si2-2. The Morgan fingerprint density at radius 2 is 1.40 bits per heavy atom. The van der Waals surface area contributed by atoms with Crippen molar-refractivity contribution in [2.24, 2.45) is 0 Å². The first-order chi connectivity index (χ1) is 33.3. The van der Waals surface area contributed by atoms with Gasteiger partial charge in [-0.3, -0.25) is 4.98 Å². The van der Waals surface area contributed by atoms with E-state index in [1.165, 1.54) is 49.6 Å². The van der Waals surface area contributed by atoms with Gasteiger partial charge in [0.25, 0.3) is 0 Å². The van der Waals surface area contributed by atoms with Crippen molar-refractivity contribution in [1.82, 2.24) is 14.5 Å². The number of pyridine rings is 1. The maximum Gasteiger partial charge on any atom is 0.241 e. The smallest absolute Gasteiger partial charge is 0.241 e. The van der Waals surface area contributed by atoms with Crippen molar-refractivity contribution in [3.05, 3.63) is 168 Å². The first kappa shape index (κ1) is 43.4. The number of imidazole rings is 1. The van der Waals surface area contributed by atoms with Crippen molar-refractivity contribution < 1.29 is 33.7 Å². The van der Waals surface area contributed by atoms with E-state index in [9.17, 15) is 0 Å². The van der Waals surface area contributed by atoms with Crippen molar-refractivity contribution in [3.63, 3.8) is 0 Å². The van der Waals surface area contributed by atoms with Gasteiger partial charge in [0.15, 0.2) is 0 Å². The molecule has 11 rings (SSSR count). The summed E-state index contributed by atoms with van der Waals surface area (Å²) in [6, 6.07) is 53.1. The van der Waals surface area contributed by atoms with Gasteiger partial charge in [0, 0.05) is 52.7 Å². The molecule has 0 saturated heterocycles. The molecule has 5 nitrogen and oxygen atoms in total. The summed E-state index contributed by atoms with van der Waals surface area (Å²) in [5.41, 5.74) is 12.2. The van der Waals surface area contributed by atoms with E-state index >= 15 is 0 Å². The van der Waals surface area contributed by atoms with Crippen LogP contribution in [-0.4, -0.2) is 37.4 Å². The summed E-state index contributed by atoms with van der Waals surface area (Å²) >= 11 is 0. The zero-order valence-corrected chi connectivity index (χ0v) is 44.9. The molecule has 4 heterocycles. The zero-order chi connectivity index (χ0) is 49.4. The van der Waals surface area contributed by atoms with Crippen LogP contribution in [0.2, 0.25) is 39.3 Å². The Hall–Kier alpha value is -5.83. The fourth-order valence-electron chi connectivity index (χ4n) is 9.73. The molecule has 2 aliphatic rings. The van der Waals surface area contributed by atoms with E-state index in [4.69, 9.17) is 18.6 Å². The molecule has 1 radical (unpaired) electrons. The number of rotatable bonds is 7. The first-order valence-corrected chi connectivity index (χ1v) is 30.5. The summed E-state index contributed by atoms with van der Waals surface area (Å²) in [7, 11) is -3.46. The second kappa shape index (κ2) is 18.2. The van der Waals surface area contributed by atoms with Gasteiger partial charge in [-0.2, -0.15) is 0 Å². The Balaban J connectivity index is 0.000000313. The Morgan fingerprint density at radius 3 is 2.06 bits per heavy atom. The predicted molar refractivity (Wildman–Crippen MR) is 288 cm³/mol. The number of ether oxygens (including phenoxy) is 2. The molecule has 0 spiro atoms. The van der Waals surface area contributed by atoms with Crippen LogP contribution in [0.25, 0.3) is 50.1 Å². The number of aryl methyl sites for hydroxylation is 1. The minimum atomic E-state index is -2.09. The summed E-state index contributed by atoms with van der Waals surface area (Å²) in [6.07, 6.45) is 1.39. The number of hydrogen-bond donors (Lipinski definition) is 0. The van der Waals surface area contributed by atoms with E-state index in [2.05, 4.69) is 186 Å². The number of nitrogens with zero attached hydrogens (tertiary/aromatic N) is 3. The Morgan fingerprint density at radius 1 is 0.676 bits per heavy atom. The van der Waals surface area contributed by atoms with Gasteiger partial charge in [-0.1, -0.05) is 151 Å². The third-order valence-corrected chi connectivity index (χ3v) is 17.2. The molecule has 0 fully saturated rings. The molecule has 7 aromatic carbocycles. The van der Waals surface area contributed by atoms with Gasteiger partial charge >= 0.3 is 0 Å². The molecular weight excluding hydrogens is 1040 g/mol. The van der Waals surface area contributed by atoms with Gasteiger partial charge in [-0.15, -0.1) is 65.1 Å². The molecule has 2 aliphatic heterocycles. The van der Waals surface area contributed by atoms with Crippen molar-refractivity contribution in [3.8, 4) is 51.3 Å². The van der Waals surface area contributed by atoms with E-state index in [0.29, 0.717) is 11.8 Å². The fourth-order valence-corrected chi connectivity index (χ4v) is 12.3. The molecule has 0 atom stereocenters. The number of benzene rings is 7. The van der Waals surface area contributed by atoms with Gasteiger partial charge in [-0.05, 0) is 75.3 Å². The quantitative estimate of drug-likeness (QED) is 0.118. The Bertz CT molecular complexity index is 3450. The molecule has 343 valence electrons. The van der Waals surface area contributed by atoms with Crippen molar-refractivity contribution >= 4 is 71.4 Å². The van der Waals surface area contributed by atoms with E-state index < -0.39 is 23.0 Å². The van der Waals surface area contributed by atoms with Crippen LogP contribution >= 0.6 is 0 Å². The summed E-state index contributed by atoms with van der Waals surface area (Å²) in [5.74, 6) is 5.23. The normalized spacial score (nSPS) is 13.5. The third-order valence-electron chi connectivity index (χ3n) is 13.2. The molecule has 0 N–H and O–H groups in total. The summed E-state index contributed by atoms with van der Waals surface area (Å²) in [5, 5.41) is 5.07. The van der Waals surface area contributed by atoms with Gasteiger partial charge in [0.2, 0.25) is 6.71 Å². The number of para-hydroxylation sites is 2. The summed E-state index contributed by atoms with van der Waals surface area (Å²) < 4.78 is 38.1. The van der Waals surface area contributed by atoms with Gasteiger partial charge in [0.1, 0.15) is 17.2 Å². The van der Waals surface area contributed by atoms with Crippen LogP contribution in [0.4, 0.5) is 0 Å². The van der Waals surface area contributed by atoms with Gasteiger partial charge in [-0.25, -0.2) is 0 Å². The van der Waals surface area contributed by atoms with Crippen LogP contribution in [0.5, 0.6) is 23.0 Å². The second-order valence-corrected chi connectivity index (χ2v) is 30.8. The molecule has 0 aliphatic carbocycles. The number of aromatic nitrogens is 3. The molecule has 0 unspecified atom stereocenters. The third kappa shape index (κ3) is 8.53. The van der Waals surface area contributed by atoms with Crippen LogP contribution in [0, 0.1) is 19.0 Å². The largest absolute Gasteiger partial charge is 0.503 e. The SMILES string of the molecule is CC(C)c1cccc(C(C)C)c1-n1c(-c2[c-]cc3c(c2)B2c4cccc([Si](C)(C)C)c4Oc4cc([Si](C)(C)C)cc(c42)O3)nc2ccc3ccccc3c21.[2H]C([2H])([2H])c1ccc(-c2[c-]cccc2)nc1.[Ir]. The predicted octanol–water partition coefficient (Wildman–Crippen LogP) is 12.6. The van der Waals surface area contributed by atoms with Gasteiger partial charge < -0.3 is 19.0 Å². The summed E-state index contributed by atoms with van der Waals surface area (Å²) in [4.78, 5) is 9.62. The zero-order valence-electron chi connectivity index (χ0n) is 43.5. The van der Waals surface area contributed by atoms with Crippen LogP contribution in [-0.2, 0) is 20.1 Å². The maximum absolute atomic E-state index is 7.23.